The summed E-state index contributed by atoms with van der Waals surface area (Å²) in [5, 5.41) is 18.4. The van der Waals surface area contributed by atoms with Gasteiger partial charge in [0.25, 0.3) is 5.91 Å². The molecule has 6 heteroatoms. The Morgan fingerprint density at radius 1 is 1.53 bits per heavy atom. The van der Waals surface area contributed by atoms with Crippen LogP contribution in [0.4, 0.5) is 0 Å². The first-order chi connectivity index (χ1) is 8.97. The lowest BCUT2D eigenvalue weighted by Gasteiger charge is -2.15. The van der Waals surface area contributed by atoms with Gasteiger partial charge in [-0.1, -0.05) is 13.8 Å². The predicted octanol–water partition coefficient (Wildman–Crippen LogP) is 1.52. The van der Waals surface area contributed by atoms with Crippen molar-refractivity contribution in [3.8, 4) is 0 Å². The Hall–Kier alpha value is -1.85. The van der Waals surface area contributed by atoms with E-state index >= 15 is 0 Å². The minimum absolute atomic E-state index is 0.197. The molecule has 19 heavy (non-hydrogen) atoms. The van der Waals surface area contributed by atoms with E-state index in [1.165, 1.54) is 0 Å². The van der Waals surface area contributed by atoms with Crippen LogP contribution in [0.15, 0.2) is 6.07 Å². The van der Waals surface area contributed by atoms with E-state index in [1.54, 1.807) is 6.07 Å². The smallest absolute Gasteiger partial charge is 0.326 e. The molecule has 1 aliphatic rings. The van der Waals surface area contributed by atoms with Crippen LogP contribution in [-0.2, 0) is 4.79 Å². The van der Waals surface area contributed by atoms with Crippen molar-refractivity contribution in [3.63, 3.8) is 0 Å². The van der Waals surface area contributed by atoms with E-state index in [2.05, 4.69) is 15.5 Å². The molecule has 1 fully saturated rings. The lowest BCUT2D eigenvalue weighted by molar-refractivity contribution is -0.139. The van der Waals surface area contributed by atoms with Crippen LogP contribution < -0.4 is 5.32 Å². The highest BCUT2D eigenvalue weighted by Gasteiger charge is 2.27. The number of aliphatic carboxylic acids is 1. The highest BCUT2D eigenvalue weighted by atomic mass is 16.4. The summed E-state index contributed by atoms with van der Waals surface area (Å²) in [6.07, 6.45) is 2.64. The molecule has 1 amide bonds. The van der Waals surface area contributed by atoms with E-state index in [4.69, 9.17) is 5.11 Å². The van der Waals surface area contributed by atoms with Crippen LogP contribution in [0.25, 0.3) is 0 Å². The highest BCUT2D eigenvalue weighted by Crippen LogP contribution is 2.38. The van der Waals surface area contributed by atoms with Crippen LogP contribution in [0.2, 0.25) is 0 Å². The van der Waals surface area contributed by atoms with Gasteiger partial charge in [-0.2, -0.15) is 5.10 Å². The number of nitrogens with one attached hydrogen (secondary N) is 2. The number of nitrogens with zero attached hydrogens (tertiary/aromatic N) is 1. The molecule has 1 atom stereocenters. The Morgan fingerprint density at radius 2 is 2.21 bits per heavy atom. The highest BCUT2D eigenvalue weighted by molar-refractivity contribution is 5.95. The first-order valence-corrected chi connectivity index (χ1v) is 6.56. The molecule has 0 unspecified atom stereocenters. The van der Waals surface area contributed by atoms with Gasteiger partial charge in [-0.15, -0.1) is 0 Å². The van der Waals surface area contributed by atoms with E-state index in [-0.39, 0.29) is 11.6 Å². The zero-order valence-electron chi connectivity index (χ0n) is 11.1. The Labute approximate surface area is 111 Å². The van der Waals surface area contributed by atoms with Gasteiger partial charge in [0.2, 0.25) is 0 Å². The lowest BCUT2D eigenvalue weighted by Crippen LogP contribution is -2.41. The number of aromatic nitrogens is 2. The molecule has 1 heterocycles. The first-order valence-electron chi connectivity index (χ1n) is 6.56. The summed E-state index contributed by atoms with van der Waals surface area (Å²) < 4.78 is 0. The average Bonchev–Trinajstić information content (AvgIpc) is 3.05. The zero-order chi connectivity index (χ0) is 14.0. The van der Waals surface area contributed by atoms with Gasteiger partial charge in [-0.05, 0) is 31.2 Å². The second-order valence-corrected chi connectivity index (χ2v) is 5.48. The molecule has 1 aromatic heterocycles. The quantitative estimate of drug-likeness (QED) is 0.726. The zero-order valence-corrected chi connectivity index (χ0v) is 11.1. The summed E-state index contributed by atoms with van der Waals surface area (Å²) in [7, 11) is 0. The Bertz CT molecular complexity index is 477. The van der Waals surface area contributed by atoms with Gasteiger partial charge in [0.15, 0.2) is 0 Å². The van der Waals surface area contributed by atoms with Crippen molar-refractivity contribution in [1.82, 2.24) is 15.5 Å². The molecule has 2 rings (SSSR count). The summed E-state index contributed by atoms with van der Waals surface area (Å²) in [4.78, 5) is 23.0. The number of carbonyl (C=O) groups is 2. The van der Waals surface area contributed by atoms with Crippen LogP contribution in [0, 0.1) is 5.92 Å². The maximum atomic E-state index is 11.9. The number of carboxylic acid groups (broad SMARTS) is 1. The minimum Gasteiger partial charge on any atom is -0.480 e. The van der Waals surface area contributed by atoms with E-state index < -0.39 is 17.9 Å². The van der Waals surface area contributed by atoms with E-state index in [1.807, 2.05) is 13.8 Å². The third-order valence-electron chi connectivity index (χ3n) is 3.16. The largest absolute Gasteiger partial charge is 0.480 e. The molecule has 1 aliphatic carbocycles. The SMILES string of the molecule is CC(C)C[C@H](NC(=O)c1cc(C2CC2)[nH]n1)C(=O)O. The standard InChI is InChI=1S/C13H19N3O3/c1-7(2)5-11(13(18)19)14-12(17)10-6-9(15-16-10)8-3-4-8/h6-8,11H,3-5H2,1-2H3,(H,14,17)(H,15,16)(H,18,19)/t11-/m0/s1. The van der Waals surface area contributed by atoms with Crippen molar-refractivity contribution in [2.45, 2.75) is 45.1 Å². The third-order valence-corrected chi connectivity index (χ3v) is 3.16. The molecule has 0 aromatic carbocycles. The van der Waals surface area contributed by atoms with E-state index in [0.29, 0.717) is 12.3 Å². The molecule has 0 radical (unpaired) electrons. The second kappa shape index (κ2) is 5.42. The molecule has 0 saturated heterocycles. The van der Waals surface area contributed by atoms with Crippen LogP contribution in [-0.4, -0.2) is 33.2 Å². The maximum Gasteiger partial charge on any atom is 0.326 e. The van der Waals surface area contributed by atoms with Crippen molar-refractivity contribution in [2.75, 3.05) is 0 Å². The van der Waals surface area contributed by atoms with E-state index in [0.717, 1.165) is 18.5 Å². The summed E-state index contributed by atoms with van der Waals surface area (Å²) in [6, 6.07) is 0.843. The fourth-order valence-electron chi connectivity index (χ4n) is 1.98. The van der Waals surface area contributed by atoms with Crippen LogP contribution in [0.5, 0.6) is 0 Å². The Kier molecular flexibility index (Phi) is 3.87. The summed E-state index contributed by atoms with van der Waals surface area (Å²) in [5.74, 6) is -0.765. The number of hydrogen-bond donors (Lipinski definition) is 3. The molecule has 0 aliphatic heterocycles. The van der Waals surface area contributed by atoms with Crippen molar-refractivity contribution in [3.05, 3.63) is 17.5 Å². The monoisotopic (exact) mass is 265 g/mol. The minimum atomic E-state index is -1.01. The number of rotatable bonds is 6. The van der Waals surface area contributed by atoms with Crippen LogP contribution >= 0.6 is 0 Å². The van der Waals surface area contributed by atoms with Crippen molar-refractivity contribution < 1.29 is 14.7 Å². The van der Waals surface area contributed by atoms with Gasteiger partial charge in [0.1, 0.15) is 11.7 Å². The van der Waals surface area contributed by atoms with Crippen molar-refractivity contribution in [1.29, 1.82) is 0 Å². The number of H-pyrrole nitrogens is 1. The topological polar surface area (TPSA) is 95.1 Å². The maximum absolute atomic E-state index is 11.9. The van der Waals surface area contributed by atoms with Crippen LogP contribution in [0.1, 0.15) is 55.2 Å². The van der Waals surface area contributed by atoms with Gasteiger partial charge >= 0.3 is 5.97 Å². The number of aromatic amines is 1. The molecule has 1 aromatic rings. The first kappa shape index (κ1) is 13.6. The van der Waals surface area contributed by atoms with Gasteiger partial charge in [-0.3, -0.25) is 9.89 Å². The number of amides is 1. The number of hydrogen-bond acceptors (Lipinski definition) is 3. The fourth-order valence-corrected chi connectivity index (χ4v) is 1.98. The molecule has 0 spiro atoms. The molecule has 6 nitrogen and oxygen atoms in total. The van der Waals surface area contributed by atoms with Gasteiger partial charge < -0.3 is 10.4 Å². The second-order valence-electron chi connectivity index (χ2n) is 5.48. The van der Waals surface area contributed by atoms with Crippen LogP contribution in [0.3, 0.4) is 0 Å². The van der Waals surface area contributed by atoms with Crippen molar-refractivity contribution in [2.24, 2.45) is 5.92 Å². The summed E-state index contributed by atoms with van der Waals surface area (Å²) in [6.45, 7) is 3.84. The van der Waals surface area contributed by atoms with E-state index in [9.17, 15) is 9.59 Å². The van der Waals surface area contributed by atoms with Gasteiger partial charge in [-0.25, -0.2) is 4.79 Å². The van der Waals surface area contributed by atoms with Gasteiger partial charge in [0, 0.05) is 11.6 Å². The number of carboxylic acids is 1. The Balaban J connectivity index is 1.98. The molecular formula is C13H19N3O3. The van der Waals surface area contributed by atoms with Crippen molar-refractivity contribution >= 4 is 11.9 Å². The van der Waals surface area contributed by atoms with Gasteiger partial charge in [0.05, 0.1) is 0 Å². The molecule has 1 saturated carbocycles. The molecule has 3 N–H and O–H groups in total. The Morgan fingerprint density at radius 3 is 2.74 bits per heavy atom. The lowest BCUT2D eigenvalue weighted by atomic mass is 10.0. The molecular weight excluding hydrogens is 246 g/mol. The number of carbonyl (C=O) groups excluding carboxylic acids is 1. The summed E-state index contributed by atoms with van der Waals surface area (Å²) >= 11 is 0. The average molecular weight is 265 g/mol. The molecule has 104 valence electrons. The third kappa shape index (κ3) is 3.56. The summed E-state index contributed by atoms with van der Waals surface area (Å²) in [5.41, 5.74) is 1.22. The fraction of sp³-hybridized carbons (Fsp3) is 0.615. The predicted molar refractivity (Wildman–Crippen MR) is 68.9 cm³/mol. The normalized spacial score (nSPS) is 16.4. The molecule has 0 bridgehead atoms.